The van der Waals surface area contributed by atoms with Crippen LogP contribution >= 0.6 is 12.2 Å². The molecule has 1 aromatic heterocycles. The number of thiocarbonyl (C=S) groups is 1. The molecule has 3 aromatic carbocycles. The van der Waals surface area contributed by atoms with Gasteiger partial charge in [-0.3, -0.25) is 4.79 Å². The molecule has 5 rings (SSSR count). The van der Waals surface area contributed by atoms with Gasteiger partial charge in [0.15, 0.2) is 16.6 Å². The van der Waals surface area contributed by atoms with Crippen molar-refractivity contribution < 1.29 is 13.9 Å². The quantitative estimate of drug-likeness (QED) is 0.358. The predicted molar refractivity (Wildman–Crippen MR) is 142 cm³/mol. The van der Waals surface area contributed by atoms with Crippen LogP contribution in [0.25, 0.3) is 10.9 Å². The Morgan fingerprint density at radius 1 is 1.03 bits per heavy atom. The summed E-state index contributed by atoms with van der Waals surface area (Å²) < 4.78 is 24.8. The van der Waals surface area contributed by atoms with E-state index in [9.17, 15) is 9.18 Å². The third-order valence-corrected chi connectivity index (χ3v) is 6.53. The Morgan fingerprint density at radius 2 is 1.72 bits per heavy atom. The topological polar surface area (TPSA) is 66.6 Å². The molecule has 1 aliphatic rings. The molecule has 184 valence electrons. The maximum Gasteiger partial charge on any atom is 0.253 e. The van der Waals surface area contributed by atoms with Crippen LogP contribution < -0.4 is 20.3 Å². The zero-order valence-corrected chi connectivity index (χ0v) is 20.6. The number of nitrogens with zero attached hydrogens (tertiary/aromatic N) is 1. The normalized spacial score (nSPS) is 13.3. The molecule has 1 aliphatic heterocycles. The Kier molecular flexibility index (Phi) is 6.86. The summed E-state index contributed by atoms with van der Waals surface area (Å²) in [6.45, 7) is 3.67. The van der Waals surface area contributed by atoms with Crippen molar-refractivity contribution in [3.8, 4) is 11.5 Å². The van der Waals surface area contributed by atoms with Crippen molar-refractivity contribution in [2.45, 2.75) is 26.1 Å². The highest BCUT2D eigenvalue weighted by Crippen LogP contribution is 2.33. The molecule has 0 fully saturated rings. The van der Waals surface area contributed by atoms with E-state index in [-0.39, 0.29) is 24.0 Å². The van der Waals surface area contributed by atoms with Crippen molar-refractivity contribution in [2.75, 3.05) is 13.2 Å². The predicted octanol–water partition coefficient (Wildman–Crippen LogP) is 5.08. The molecule has 0 aliphatic carbocycles. The van der Waals surface area contributed by atoms with E-state index < -0.39 is 0 Å². The molecular weight excluding hydrogens is 477 g/mol. The standard InChI is InChI=1S/C28H26FN3O3S/c1-18(20-5-3-2-4-6-20)30-28(36)32(16-19-7-9-23(29)10-8-19)17-22-13-21-14-25-26(35-12-11-34-25)15-24(21)31-27(22)33/h2-10,13-15,18H,11-12,16-17H2,1H3,(H,30,36)(H,31,33)/t18-/m0/s1. The summed E-state index contributed by atoms with van der Waals surface area (Å²) in [5.74, 6) is 0.975. The first-order valence-corrected chi connectivity index (χ1v) is 12.2. The lowest BCUT2D eigenvalue weighted by Gasteiger charge is -2.28. The average molecular weight is 504 g/mol. The van der Waals surface area contributed by atoms with Crippen molar-refractivity contribution >= 4 is 28.2 Å². The Hall–Kier alpha value is -3.91. The number of pyridine rings is 1. The van der Waals surface area contributed by atoms with Crippen molar-refractivity contribution in [3.05, 3.63) is 106 Å². The highest BCUT2D eigenvalue weighted by atomic mass is 32.1. The third kappa shape index (κ3) is 5.33. The molecular formula is C28H26FN3O3S. The molecule has 36 heavy (non-hydrogen) atoms. The lowest BCUT2D eigenvalue weighted by molar-refractivity contribution is 0.172. The van der Waals surface area contributed by atoms with Crippen LogP contribution in [0.3, 0.4) is 0 Å². The minimum atomic E-state index is -0.302. The molecule has 2 heterocycles. The molecule has 0 bridgehead atoms. The van der Waals surface area contributed by atoms with Crippen molar-refractivity contribution in [2.24, 2.45) is 0 Å². The summed E-state index contributed by atoms with van der Waals surface area (Å²) in [7, 11) is 0. The van der Waals surface area contributed by atoms with Crippen LogP contribution in [-0.2, 0) is 13.1 Å². The second-order valence-corrected chi connectivity index (χ2v) is 9.16. The van der Waals surface area contributed by atoms with Gasteiger partial charge in [0.05, 0.1) is 18.1 Å². The molecule has 2 N–H and O–H groups in total. The van der Waals surface area contributed by atoms with E-state index in [1.165, 1.54) is 12.1 Å². The lowest BCUT2D eigenvalue weighted by Crippen LogP contribution is -2.41. The van der Waals surface area contributed by atoms with Crippen LogP contribution in [0.1, 0.15) is 29.7 Å². The molecule has 1 atom stereocenters. The number of hydrogen-bond acceptors (Lipinski definition) is 4. The van der Waals surface area contributed by atoms with Crippen molar-refractivity contribution in [1.82, 2.24) is 15.2 Å². The van der Waals surface area contributed by atoms with Gasteiger partial charge in [-0.25, -0.2) is 4.39 Å². The van der Waals surface area contributed by atoms with Crippen LogP contribution in [0.4, 0.5) is 4.39 Å². The van der Waals surface area contributed by atoms with Gasteiger partial charge in [0.25, 0.3) is 5.56 Å². The summed E-state index contributed by atoms with van der Waals surface area (Å²) in [5, 5.41) is 4.72. The number of hydrogen-bond donors (Lipinski definition) is 2. The van der Waals surface area contributed by atoms with E-state index in [0.717, 1.165) is 16.5 Å². The number of aromatic nitrogens is 1. The Bertz CT molecular complexity index is 1440. The number of nitrogens with one attached hydrogen (secondary N) is 2. The van der Waals surface area contributed by atoms with Crippen LogP contribution in [0.15, 0.2) is 77.6 Å². The summed E-state index contributed by atoms with van der Waals surface area (Å²) >= 11 is 5.79. The highest BCUT2D eigenvalue weighted by molar-refractivity contribution is 7.80. The fraction of sp³-hybridized carbons (Fsp3) is 0.214. The smallest absolute Gasteiger partial charge is 0.253 e. The van der Waals surface area contributed by atoms with Gasteiger partial charge in [-0.2, -0.15) is 0 Å². The molecule has 0 radical (unpaired) electrons. The average Bonchev–Trinajstić information content (AvgIpc) is 2.89. The third-order valence-electron chi connectivity index (χ3n) is 6.16. The fourth-order valence-electron chi connectivity index (χ4n) is 4.22. The molecule has 6 nitrogen and oxygen atoms in total. The van der Waals surface area contributed by atoms with E-state index >= 15 is 0 Å². The number of rotatable bonds is 6. The number of fused-ring (bicyclic) bond motifs is 2. The van der Waals surface area contributed by atoms with E-state index in [2.05, 4.69) is 10.3 Å². The maximum absolute atomic E-state index is 13.5. The van der Waals surface area contributed by atoms with Gasteiger partial charge in [0.1, 0.15) is 19.0 Å². The van der Waals surface area contributed by atoms with Crippen molar-refractivity contribution in [3.63, 3.8) is 0 Å². The van der Waals surface area contributed by atoms with E-state index in [0.29, 0.717) is 47.5 Å². The monoisotopic (exact) mass is 503 g/mol. The van der Waals surface area contributed by atoms with Gasteiger partial charge in [0.2, 0.25) is 0 Å². The Labute approximate surface area is 213 Å². The van der Waals surface area contributed by atoms with Crippen LogP contribution in [0.2, 0.25) is 0 Å². The number of ether oxygens (including phenoxy) is 2. The summed E-state index contributed by atoms with van der Waals surface area (Å²) in [5.41, 5.74) is 3.00. The van der Waals surface area contributed by atoms with Gasteiger partial charge in [-0.1, -0.05) is 42.5 Å². The molecule has 0 unspecified atom stereocenters. The summed E-state index contributed by atoms with van der Waals surface area (Å²) in [6, 6.07) is 21.8. The van der Waals surface area contributed by atoms with E-state index in [4.69, 9.17) is 21.7 Å². The van der Waals surface area contributed by atoms with Gasteiger partial charge >= 0.3 is 0 Å². The lowest BCUT2D eigenvalue weighted by atomic mass is 10.1. The molecule has 0 saturated heterocycles. The molecule has 0 amide bonds. The summed E-state index contributed by atoms with van der Waals surface area (Å²) in [6.07, 6.45) is 0. The van der Waals surface area contributed by atoms with Gasteiger partial charge in [-0.15, -0.1) is 0 Å². The first-order chi connectivity index (χ1) is 17.5. The Morgan fingerprint density at radius 3 is 2.44 bits per heavy atom. The van der Waals surface area contributed by atoms with Gasteiger partial charge in [-0.05, 0) is 54.5 Å². The maximum atomic E-state index is 13.5. The van der Waals surface area contributed by atoms with E-state index in [1.54, 1.807) is 18.2 Å². The first-order valence-electron chi connectivity index (χ1n) is 11.8. The first kappa shape index (κ1) is 23.8. The molecule has 0 saturated carbocycles. The minimum Gasteiger partial charge on any atom is -0.486 e. The van der Waals surface area contributed by atoms with Crippen molar-refractivity contribution in [1.29, 1.82) is 0 Å². The molecule has 4 aromatic rings. The number of aromatic amines is 1. The highest BCUT2D eigenvalue weighted by Gasteiger charge is 2.18. The fourth-order valence-corrected chi connectivity index (χ4v) is 4.53. The molecule has 8 heteroatoms. The van der Waals surface area contributed by atoms with Crippen LogP contribution in [0, 0.1) is 5.82 Å². The zero-order chi connectivity index (χ0) is 25.1. The van der Waals surface area contributed by atoms with Gasteiger partial charge < -0.3 is 24.7 Å². The largest absolute Gasteiger partial charge is 0.486 e. The second kappa shape index (κ2) is 10.4. The van der Waals surface area contributed by atoms with Crippen LogP contribution in [0.5, 0.6) is 11.5 Å². The van der Waals surface area contributed by atoms with Gasteiger partial charge in [0, 0.05) is 23.6 Å². The minimum absolute atomic E-state index is 0.0343. The summed E-state index contributed by atoms with van der Waals surface area (Å²) in [4.78, 5) is 17.9. The Balaban J connectivity index is 1.44. The number of benzene rings is 3. The second-order valence-electron chi connectivity index (χ2n) is 8.77. The zero-order valence-electron chi connectivity index (χ0n) is 19.8. The number of H-pyrrole nitrogens is 1. The number of halogens is 1. The SMILES string of the molecule is C[C@H](NC(=S)N(Cc1ccc(F)cc1)Cc1cc2cc3c(cc2[nH]c1=O)OCCO3)c1ccccc1. The van der Waals surface area contributed by atoms with E-state index in [1.807, 2.05) is 54.3 Å². The molecule has 0 spiro atoms. The van der Waals surface area contributed by atoms with Crippen LogP contribution in [-0.4, -0.2) is 28.2 Å².